The van der Waals surface area contributed by atoms with Crippen LogP contribution in [0.2, 0.25) is 0 Å². The van der Waals surface area contributed by atoms with Gasteiger partial charge in [0, 0.05) is 6.61 Å². The highest BCUT2D eigenvalue weighted by Crippen LogP contribution is 1.79. The third-order valence-corrected chi connectivity index (χ3v) is 0.729. The molecule has 0 aliphatic heterocycles. The van der Waals surface area contributed by atoms with Gasteiger partial charge in [0.25, 0.3) is 0 Å². The van der Waals surface area contributed by atoms with E-state index in [1.807, 2.05) is 6.92 Å². The fourth-order valence-corrected chi connectivity index (χ4v) is 0.388. The van der Waals surface area contributed by atoms with Crippen LogP contribution in [0.4, 0.5) is 0 Å². The molecule has 0 aromatic rings. The van der Waals surface area contributed by atoms with E-state index in [1.165, 1.54) is 0 Å². The Hall–Kier alpha value is -0.610. The first-order chi connectivity index (χ1) is 4.31. The molecule has 0 amide bonds. The summed E-state index contributed by atoms with van der Waals surface area (Å²) < 4.78 is 9.35. The molecule has 0 spiro atoms. The van der Waals surface area contributed by atoms with Gasteiger partial charge < -0.3 is 15.6 Å². The summed E-state index contributed by atoms with van der Waals surface area (Å²) in [4.78, 5) is 10.5. The van der Waals surface area contributed by atoms with Gasteiger partial charge in [-0.15, -0.1) is 0 Å². The first kappa shape index (κ1) is 12.1. The molecule has 0 aromatic heterocycles. The van der Waals surface area contributed by atoms with E-state index in [-0.39, 0.29) is 18.7 Å². The summed E-state index contributed by atoms with van der Waals surface area (Å²) in [5.41, 5.74) is 0. The lowest BCUT2D eigenvalue weighted by molar-refractivity contribution is -0.148. The fourth-order valence-electron chi connectivity index (χ4n) is 0.388. The molecule has 4 heteroatoms. The van der Waals surface area contributed by atoms with Crippen LogP contribution in [0.1, 0.15) is 13.8 Å². The number of hydrogen-bond donors (Lipinski definition) is 1. The second-order valence-electron chi connectivity index (χ2n) is 1.44. The van der Waals surface area contributed by atoms with Gasteiger partial charge in [-0.1, -0.05) is 0 Å². The van der Waals surface area contributed by atoms with Crippen LogP contribution >= 0.6 is 0 Å². The Morgan fingerprint density at radius 2 is 1.90 bits per heavy atom. The van der Waals surface area contributed by atoms with Crippen LogP contribution in [0.15, 0.2) is 0 Å². The van der Waals surface area contributed by atoms with Crippen molar-refractivity contribution in [3.63, 3.8) is 0 Å². The van der Waals surface area contributed by atoms with E-state index in [4.69, 9.17) is 4.74 Å². The summed E-state index contributed by atoms with van der Waals surface area (Å²) >= 11 is 0. The predicted octanol–water partition coefficient (Wildman–Crippen LogP) is 0.748. The minimum atomic E-state index is -0.292. The molecule has 0 aromatic carbocycles. The number of esters is 1. The van der Waals surface area contributed by atoms with E-state index in [1.54, 1.807) is 6.92 Å². The van der Waals surface area contributed by atoms with Crippen molar-refractivity contribution in [3.05, 3.63) is 0 Å². The zero-order chi connectivity index (χ0) is 7.11. The van der Waals surface area contributed by atoms with Gasteiger partial charge in [0.2, 0.25) is 0 Å². The van der Waals surface area contributed by atoms with Crippen molar-refractivity contribution in [1.29, 1.82) is 0 Å². The minimum Gasteiger partial charge on any atom is -0.464 e. The van der Waals surface area contributed by atoms with Crippen LogP contribution in [-0.4, -0.2) is 25.8 Å². The van der Waals surface area contributed by atoms with Crippen molar-refractivity contribution in [3.8, 4) is 0 Å². The van der Waals surface area contributed by atoms with Crippen molar-refractivity contribution in [2.45, 2.75) is 13.8 Å². The molecule has 4 nitrogen and oxygen atoms in total. The Morgan fingerprint density at radius 1 is 1.30 bits per heavy atom. The molecule has 0 heterocycles. The lowest BCUT2D eigenvalue weighted by Crippen LogP contribution is -2.11. The van der Waals surface area contributed by atoms with Crippen LogP contribution in [0, 0.1) is 0 Å². The molecule has 0 bridgehead atoms. The Balaban J connectivity index is 0. The normalized spacial score (nSPS) is 8.20. The van der Waals surface area contributed by atoms with E-state index < -0.39 is 0 Å². The highest BCUT2D eigenvalue weighted by Gasteiger charge is 1.97. The highest BCUT2D eigenvalue weighted by atomic mass is 16.6. The average Bonchev–Trinajstić information content (AvgIpc) is 1.85. The van der Waals surface area contributed by atoms with Crippen LogP contribution in [-0.2, 0) is 14.3 Å². The quantitative estimate of drug-likeness (QED) is 0.599. The van der Waals surface area contributed by atoms with E-state index in [0.29, 0.717) is 13.2 Å². The van der Waals surface area contributed by atoms with Crippen molar-refractivity contribution < 1.29 is 14.3 Å². The molecular formula is C6H15NO3. The zero-order valence-electron chi connectivity index (χ0n) is 6.55. The van der Waals surface area contributed by atoms with Crippen molar-refractivity contribution in [2.75, 3.05) is 19.8 Å². The number of hydrogen-bond acceptors (Lipinski definition) is 4. The van der Waals surface area contributed by atoms with Gasteiger partial charge in [0.15, 0.2) is 0 Å². The van der Waals surface area contributed by atoms with Crippen LogP contribution in [0.3, 0.4) is 0 Å². The van der Waals surface area contributed by atoms with Crippen molar-refractivity contribution in [2.24, 2.45) is 0 Å². The maximum atomic E-state index is 10.5. The average molecular weight is 149 g/mol. The van der Waals surface area contributed by atoms with Gasteiger partial charge in [-0.2, -0.15) is 0 Å². The lowest BCUT2D eigenvalue weighted by atomic mass is 10.7. The monoisotopic (exact) mass is 149 g/mol. The molecule has 62 valence electrons. The predicted molar refractivity (Wildman–Crippen MR) is 38.1 cm³/mol. The number of rotatable bonds is 4. The van der Waals surface area contributed by atoms with E-state index in [9.17, 15) is 4.79 Å². The summed E-state index contributed by atoms with van der Waals surface area (Å²) in [5.74, 6) is -0.292. The molecule has 0 fully saturated rings. The van der Waals surface area contributed by atoms with E-state index in [0.717, 1.165) is 0 Å². The molecule has 0 radical (unpaired) electrons. The molecule has 0 rings (SSSR count). The van der Waals surface area contributed by atoms with Crippen molar-refractivity contribution >= 4 is 5.97 Å². The van der Waals surface area contributed by atoms with Gasteiger partial charge in [-0.25, -0.2) is 4.79 Å². The zero-order valence-corrected chi connectivity index (χ0v) is 6.55. The topological polar surface area (TPSA) is 70.5 Å². The Bertz CT molecular complexity index is 85.1. The summed E-state index contributed by atoms with van der Waals surface area (Å²) in [6.45, 7) is 4.65. The maximum absolute atomic E-state index is 10.5. The standard InChI is InChI=1S/C6H12O3.H3N/c1-3-8-5-6(7)9-4-2;/h3-5H2,1-2H3;1H3. The number of carbonyl (C=O) groups is 1. The first-order valence-corrected chi connectivity index (χ1v) is 3.04. The molecular weight excluding hydrogens is 134 g/mol. The largest absolute Gasteiger partial charge is 0.464 e. The Labute approximate surface area is 61.1 Å². The first-order valence-electron chi connectivity index (χ1n) is 3.04. The third-order valence-electron chi connectivity index (χ3n) is 0.729. The summed E-state index contributed by atoms with van der Waals surface area (Å²) in [7, 11) is 0. The molecule has 0 atom stereocenters. The highest BCUT2D eigenvalue weighted by molar-refractivity contribution is 5.70. The van der Waals surface area contributed by atoms with Gasteiger partial charge in [-0.05, 0) is 13.8 Å². The Kier molecular flexibility index (Phi) is 10.2. The van der Waals surface area contributed by atoms with Gasteiger partial charge in [-0.3, -0.25) is 0 Å². The molecule has 0 aliphatic rings. The third kappa shape index (κ3) is 7.39. The molecule has 0 unspecified atom stereocenters. The molecule has 0 saturated carbocycles. The molecule has 0 saturated heterocycles. The Morgan fingerprint density at radius 3 is 2.30 bits per heavy atom. The minimum absolute atomic E-state index is 0. The molecule has 0 aliphatic carbocycles. The van der Waals surface area contributed by atoms with Crippen LogP contribution in [0.25, 0.3) is 0 Å². The second kappa shape index (κ2) is 8.39. The van der Waals surface area contributed by atoms with Gasteiger partial charge in [0.1, 0.15) is 6.61 Å². The smallest absolute Gasteiger partial charge is 0.332 e. The summed E-state index contributed by atoms with van der Waals surface area (Å²) in [6, 6.07) is 0. The lowest BCUT2D eigenvalue weighted by Gasteiger charge is -1.99. The second-order valence-corrected chi connectivity index (χ2v) is 1.44. The summed E-state index contributed by atoms with van der Waals surface area (Å²) in [5, 5.41) is 0. The number of carbonyl (C=O) groups excluding carboxylic acids is 1. The maximum Gasteiger partial charge on any atom is 0.332 e. The SMILES string of the molecule is CCOCC(=O)OCC.N. The van der Waals surface area contributed by atoms with Crippen LogP contribution < -0.4 is 6.15 Å². The summed E-state index contributed by atoms with van der Waals surface area (Å²) in [6.07, 6.45) is 0. The number of ether oxygens (including phenoxy) is 2. The van der Waals surface area contributed by atoms with Gasteiger partial charge >= 0.3 is 5.97 Å². The van der Waals surface area contributed by atoms with Gasteiger partial charge in [0.05, 0.1) is 6.61 Å². The van der Waals surface area contributed by atoms with E-state index in [2.05, 4.69) is 4.74 Å². The molecule has 10 heavy (non-hydrogen) atoms. The fraction of sp³-hybridized carbons (Fsp3) is 0.833. The van der Waals surface area contributed by atoms with E-state index >= 15 is 0 Å². The van der Waals surface area contributed by atoms with Crippen molar-refractivity contribution in [1.82, 2.24) is 6.15 Å². The van der Waals surface area contributed by atoms with Crippen LogP contribution in [0.5, 0.6) is 0 Å². The molecule has 3 N–H and O–H groups in total.